The molecule has 162 valence electrons. The molecule has 0 aliphatic rings. The van der Waals surface area contributed by atoms with Crippen molar-refractivity contribution in [2.45, 2.75) is 27.2 Å². The fourth-order valence-corrected chi connectivity index (χ4v) is 4.56. The predicted molar refractivity (Wildman–Crippen MR) is 131 cm³/mol. The molecule has 0 saturated carbocycles. The van der Waals surface area contributed by atoms with Crippen LogP contribution in [0, 0.1) is 13.8 Å². The number of aryl methyl sites for hydroxylation is 2. The Bertz CT molecular complexity index is 1280. The molecule has 0 unspecified atom stereocenters. The van der Waals surface area contributed by atoms with Gasteiger partial charge in [-0.25, -0.2) is 9.97 Å². The number of ketones is 1. The highest BCUT2D eigenvalue weighted by Crippen LogP contribution is 2.40. The lowest BCUT2D eigenvalue weighted by molar-refractivity contribution is -0.115. The Balaban J connectivity index is 1.47. The number of fused-ring (bicyclic) bond motifs is 1. The Labute approximate surface area is 190 Å². The van der Waals surface area contributed by atoms with Crippen LogP contribution in [0.1, 0.15) is 34.1 Å². The fraction of sp³-hybridized carbons (Fsp3) is 0.200. The van der Waals surface area contributed by atoms with E-state index in [1.165, 1.54) is 17.4 Å². The van der Waals surface area contributed by atoms with Crippen molar-refractivity contribution in [1.29, 1.82) is 0 Å². The lowest BCUT2D eigenvalue weighted by Crippen LogP contribution is -2.16. The summed E-state index contributed by atoms with van der Waals surface area (Å²) < 4.78 is 0. The molecule has 2 N–H and O–H groups in total. The van der Waals surface area contributed by atoms with E-state index in [4.69, 9.17) is 0 Å². The summed E-state index contributed by atoms with van der Waals surface area (Å²) in [7, 11) is 0. The molecule has 0 bridgehead atoms. The first-order chi connectivity index (χ1) is 15.4. The number of thiophene rings is 1. The number of nitrogens with zero attached hydrogens (tertiary/aromatic N) is 2. The summed E-state index contributed by atoms with van der Waals surface area (Å²) in [5.74, 6) is 0.615. The molecule has 4 rings (SSSR count). The highest BCUT2D eigenvalue weighted by atomic mass is 32.1. The zero-order valence-electron chi connectivity index (χ0n) is 18.2. The van der Waals surface area contributed by atoms with Crippen LogP contribution in [0.4, 0.5) is 11.5 Å². The van der Waals surface area contributed by atoms with Gasteiger partial charge in [0.2, 0.25) is 5.91 Å². The van der Waals surface area contributed by atoms with Gasteiger partial charge in [0.1, 0.15) is 17.0 Å². The van der Waals surface area contributed by atoms with Crippen LogP contribution >= 0.6 is 11.3 Å². The normalized spacial score (nSPS) is 10.8. The summed E-state index contributed by atoms with van der Waals surface area (Å²) in [6.07, 6.45) is 1.83. The number of Topliss-reactive ketones (excluding diaryl/α,β-unsaturated/α-hetero) is 1. The van der Waals surface area contributed by atoms with Gasteiger partial charge >= 0.3 is 0 Å². The minimum atomic E-state index is -0.112. The van der Waals surface area contributed by atoms with Gasteiger partial charge in [-0.15, -0.1) is 11.3 Å². The number of amides is 1. The highest BCUT2D eigenvalue weighted by Gasteiger charge is 2.16. The van der Waals surface area contributed by atoms with Gasteiger partial charge in [-0.3, -0.25) is 9.59 Å². The zero-order valence-corrected chi connectivity index (χ0v) is 19.0. The second-order valence-corrected chi connectivity index (χ2v) is 8.86. The summed E-state index contributed by atoms with van der Waals surface area (Å²) in [6, 6.07) is 15.3. The van der Waals surface area contributed by atoms with E-state index < -0.39 is 0 Å². The van der Waals surface area contributed by atoms with Gasteiger partial charge in [-0.2, -0.15) is 0 Å². The van der Waals surface area contributed by atoms with E-state index in [9.17, 15) is 9.59 Å². The molecule has 0 atom stereocenters. The molecule has 0 spiro atoms. The molecule has 4 aromatic rings. The molecule has 2 heterocycles. The summed E-state index contributed by atoms with van der Waals surface area (Å²) in [6.45, 7) is 6.12. The second kappa shape index (κ2) is 9.28. The first-order valence-electron chi connectivity index (χ1n) is 10.4. The number of hydrogen-bond acceptors (Lipinski definition) is 6. The summed E-state index contributed by atoms with van der Waals surface area (Å²) in [5, 5.41) is 7.16. The van der Waals surface area contributed by atoms with Gasteiger partial charge in [0, 0.05) is 34.7 Å². The van der Waals surface area contributed by atoms with E-state index in [-0.39, 0.29) is 18.1 Å². The van der Waals surface area contributed by atoms with Crippen molar-refractivity contribution < 1.29 is 9.59 Å². The maximum Gasteiger partial charge on any atom is 0.226 e. The predicted octanol–water partition coefficient (Wildman–Crippen LogP) is 5.62. The molecular formula is C25H24N4O2S. The van der Waals surface area contributed by atoms with Crippen molar-refractivity contribution in [3.63, 3.8) is 0 Å². The number of rotatable bonds is 7. The molecule has 0 aliphatic heterocycles. The third kappa shape index (κ3) is 4.68. The van der Waals surface area contributed by atoms with Crippen molar-refractivity contribution in [1.82, 2.24) is 9.97 Å². The number of hydrogen-bond donors (Lipinski definition) is 2. The zero-order chi connectivity index (χ0) is 22.7. The Hall–Kier alpha value is -3.58. The van der Waals surface area contributed by atoms with Gasteiger partial charge in [-0.1, -0.05) is 29.8 Å². The van der Waals surface area contributed by atoms with Crippen LogP contribution in [-0.4, -0.2) is 28.2 Å². The van der Waals surface area contributed by atoms with E-state index in [1.807, 2.05) is 0 Å². The Morgan fingerprint density at radius 1 is 0.969 bits per heavy atom. The topological polar surface area (TPSA) is 84.0 Å². The van der Waals surface area contributed by atoms with Crippen LogP contribution in [0.5, 0.6) is 0 Å². The summed E-state index contributed by atoms with van der Waals surface area (Å²) in [4.78, 5) is 34.7. The van der Waals surface area contributed by atoms with E-state index in [1.54, 1.807) is 41.9 Å². The van der Waals surface area contributed by atoms with Crippen LogP contribution in [0.15, 0.2) is 54.9 Å². The standard InChI is InChI=1S/C25H24N4O2S/c1-15-4-6-19(7-5-15)22-17(3)32-25-23(22)24(27-14-28-25)26-13-12-21(31)29-20-10-8-18(9-11-20)16(2)30/h4-11,14H,12-13H2,1-3H3,(H,29,31)(H,26,27,28). The number of benzene rings is 2. The van der Waals surface area contributed by atoms with Crippen LogP contribution < -0.4 is 10.6 Å². The molecule has 0 fully saturated rings. The van der Waals surface area contributed by atoms with Gasteiger partial charge in [0.05, 0.1) is 5.39 Å². The lowest BCUT2D eigenvalue weighted by atomic mass is 10.0. The number of aromatic nitrogens is 2. The smallest absolute Gasteiger partial charge is 0.226 e. The third-order valence-corrected chi connectivity index (χ3v) is 6.24. The van der Waals surface area contributed by atoms with Crippen LogP contribution in [-0.2, 0) is 4.79 Å². The Morgan fingerprint density at radius 2 is 1.69 bits per heavy atom. The average molecular weight is 445 g/mol. The van der Waals surface area contributed by atoms with E-state index in [2.05, 4.69) is 58.7 Å². The maximum absolute atomic E-state index is 12.4. The first-order valence-corrected chi connectivity index (χ1v) is 11.2. The molecule has 32 heavy (non-hydrogen) atoms. The van der Waals surface area contributed by atoms with Gasteiger partial charge in [0.15, 0.2) is 5.78 Å². The molecular weight excluding hydrogens is 420 g/mol. The molecule has 1 amide bonds. The minimum absolute atomic E-state index is 0.00286. The largest absolute Gasteiger partial charge is 0.369 e. The van der Waals surface area contributed by atoms with E-state index >= 15 is 0 Å². The highest BCUT2D eigenvalue weighted by molar-refractivity contribution is 7.19. The van der Waals surface area contributed by atoms with E-state index in [0.717, 1.165) is 27.2 Å². The number of carbonyl (C=O) groups excluding carboxylic acids is 2. The van der Waals surface area contributed by atoms with Gasteiger partial charge in [-0.05, 0) is 50.6 Å². The second-order valence-electron chi connectivity index (χ2n) is 7.66. The van der Waals surface area contributed by atoms with Crippen molar-refractivity contribution >= 4 is 44.7 Å². The van der Waals surface area contributed by atoms with Crippen LogP contribution in [0.25, 0.3) is 21.3 Å². The molecule has 0 aliphatic carbocycles. The molecule has 7 heteroatoms. The SMILES string of the molecule is CC(=O)c1ccc(NC(=O)CCNc2ncnc3sc(C)c(-c4ccc(C)cc4)c23)cc1. The maximum atomic E-state index is 12.4. The van der Waals surface area contributed by atoms with E-state index in [0.29, 0.717) is 17.8 Å². The minimum Gasteiger partial charge on any atom is -0.369 e. The van der Waals surface area contributed by atoms with Crippen molar-refractivity contribution in [3.8, 4) is 11.1 Å². The van der Waals surface area contributed by atoms with Crippen molar-refractivity contribution in [3.05, 3.63) is 70.9 Å². The Morgan fingerprint density at radius 3 is 2.38 bits per heavy atom. The van der Waals surface area contributed by atoms with Crippen molar-refractivity contribution in [2.24, 2.45) is 0 Å². The van der Waals surface area contributed by atoms with Crippen LogP contribution in [0.2, 0.25) is 0 Å². The fourth-order valence-electron chi connectivity index (χ4n) is 3.55. The molecule has 0 radical (unpaired) electrons. The molecule has 2 aromatic carbocycles. The Kier molecular flexibility index (Phi) is 6.28. The summed E-state index contributed by atoms with van der Waals surface area (Å²) in [5.41, 5.74) is 4.75. The van der Waals surface area contributed by atoms with Gasteiger partial charge < -0.3 is 10.6 Å². The number of anilines is 2. The number of carbonyl (C=O) groups is 2. The third-order valence-electron chi connectivity index (χ3n) is 5.22. The number of nitrogens with one attached hydrogen (secondary N) is 2. The molecule has 2 aromatic heterocycles. The molecule has 6 nitrogen and oxygen atoms in total. The quantitative estimate of drug-likeness (QED) is 0.362. The molecule has 0 saturated heterocycles. The summed E-state index contributed by atoms with van der Waals surface area (Å²) >= 11 is 1.64. The first kappa shape index (κ1) is 21.6. The monoisotopic (exact) mass is 444 g/mol. The van der Waals surface area contributed by atoms with Crippen LogP contribution in [0.3, 0.4) is 0 Å². The average Bonchev–Trinajstić information content (AvgIpc) is 3.11. The van der Waals surface area contributed by atoms with Crippen molar-refractivity contribution in [2.75, 3.05) is 17.2 Å². The lowest BCUT2D eigenvalue weighted by Gasteiger charge is -2.10. The van der Waals surface area contributed by atoms with Gasteiger partial charge in [0.25, 0.3) is 0 Å².